The van der Waals surface area contributed by atoms with Gasteiger partial charge in [-0.3, -0.25) is 5.10 Å². The van der Waals surface area contributed by atoms with Gasteiger partial charge >= 0.3 is 0 Å². The number of aromatic amines is 1. The zero-order valence-electron chi connectivity index (χ0n) is 12.3. The van der Waals surface area contributed by atoms with Gasteiger partial charge in [-0.1, -0.05) is 17.3 Å². The zero-order chi connectivity index (χ0) is 14.8. The van der Waals surface area contributed by atoms with Crippen molar-refractivity contribution in [1.82, 2.24) is 20.3 Å². The molecule has 0 aliphatic carbocycles. The van der Waals surface area contributed by atoms with Crippen molar-refractivity contribution < 1.29 is 4.52 Å². The highest BCUT2D eigenvalue weighted by atomic mass is 16.5. The third kappa shape index (κ3) is 2.65. The van der Waals surface area contributed by atoms with E-state index in [0.29, 0.717) is 18.3 Å². The highest BCUT2D eigenvalue weighted by Gasteiger charge is 2.12. The minimum absolute atomic E-state index is 0.524. The molecular formula is C15H17N5O. The minimum Gasteiger partial charge on any atom is -0.380 e. The molecule has 0 atom stereocenters. The summed E-state index contributed by atoms with van der Waals surface area (Å²) in [5, 5.41) is 14.5. The SMILES string of the molecule is Cc1noc(-c2ccccc2NCc2c(C)n[nH]c2C)n1. The lowest BCUT2D eigenvalue weighted by Crippen LogP contribution is -2.02. The number of hydrogen-bond donors (Lipinski definition) is 2. The fourth-order valence-corrected chi connectivity index (χ4v) is 2.25. The van der Waals surface area contributed by atoms with Crippen molar-refractivity contribution in [3.8, 4) is 11.5 Å². The molecule has 0 saturated heterocycles. The third-order valence-electron chi connectivity index (χ3n) is 3.42. The standard InChI is InChI=1S/C15H17N5O/c1-9-13(10(2)19-18-9)8-16-14-7-5-4-6-12(14)15-17-11(3)20-21-15/h4-7,16H,8H2,1-3H3,(H,18,19). The Bertz CT molecular complexity index is 740. The fraction of sp³-hybridized carbons (Fsp3) is 0.267. The van der Waals surface area contributed by atoms with E-state index in [2.05, 4.69) is 25.7 Å². The molecule has 21 heavy (non-hydrogen) atoms. The van der Waals surface area contributed by atoms with E-state index in [4.69, 9.17) is 4.52 Å². The summed E-state index contributed by atoms with van der Waals surface area (Å²) in [6.07, 6.45) is 0. The second-order valence-electron chi connectivity index (χ2n) is 4.96. The van der Waals surface area contributed by atoms with Gasteiger partial charge in [0, 0.05) is 23.5 Å². The van der Waals surface area contributed by atoms with Crippen LogP contribution in [0.1, 0.15) is 22.8 Å². The summed E-state index contributed by atoms with van der Waals surface area (Å²) in [4.78, 5) is 4.29. The van der Waals surface area contributed by atoms with Crippen LogP contribution in [0.3, 0.4) is 0 Å². The second kappa shape index (κ2) is 5.40. The molecule has 0 saturated carbocycles. The molecule has 108 valence electrons. The molecule has 1 aromatic carbocycles. The molecule has 3 aromatic rings. The molecule has 0 aliphatic heterocycles. The van der Waals surface area contributed by atoms with Crippen molar-refractivity contribution in [2.24, 2.45) is 0 Å². The smallest absolute Gasteiger partial charge is 0.260 e. The number of rotatable bonds is 4. The lowest BCUT2D eigenvalue weighted by molar-refractivity contribution is 0.426. The molecule has 0 bridgehead atoms. The van der Waals surface area contributed by atoms with Crippen LogP contribution in [0.25, 0.3) is 11.5 Å². The van der Waals surface area contributed by atoms with Gasteiger partial charge in [0.2, 0.25) is 0 Å². The van der Waals surface area contributed by atoms with Crippen LogP contribution < -0.4 is 5.32 Å². The number of hydrogen-bond acceptors (Lipinski definition) is 5. The van der Waals surface area contributed by atoms with Crippen molar-refractivity contribution >= 4 is 5.69 Å². The highest BCUT2D eigenvalue weighted by Crippen LogP contribution is 2.27. The first kappa shape index (κ1) is 13.4. The predicted octanol–water partition coefficient (Wildman–Crippen LogP) is 3.00. The molecule has 0 spiro atoms. The number of aryl methyl sites for hydroxylation is 3. The number of H-pyrrole nitrogens is 1. The summed E-state index contributed by atoms with van der Waals surface area (Å²) in [7, 11) is 0. The topological polar surface area (TPSA) is 79.6 Å². The lowest BCUT2D eigenvalue weighted by Gasteiger charge is -2.09. The molecule has 0 fully saturated rings. The van der Waals surface area contributed by atoms with Gasteiger partial charge in [0.05, 0.1) is 11.3 Å². The Morgan fingerprint density at radius 1 is 1.19 bits per heavy atom. The van der Waals surface area contributed by atoms with Gasteiger partial charge in [-0.2, -0.15) is 10.1 Å². The molecule has 0 aliphatic rings. The number of nitrogens with zero attached hydrogens (tertiary/aromatic N) is 3. The molecule has 2 heterocycles. The van der Waals surface area contributed by atoms with Crippen molar-refractivity contribution in [3.63, 3.8) is 0 Å². The van der Waals surface area contributed by atoms with Crippen LogP contribution in [0.2, 0.25) is 0 Å². The predicted molar refractivity (Wildman–Crippen MR) is 79.9 cm³/mol. The Balaban J connectivity index is 1.86. The largest absolute Gasteiger partial charge is 0.380 e. The van der Waals surface area contributed by atoms with Crippen LogP contribution in [0.15, 0.2) is 28.8 Å². The molecule has 2 aromatic heterocycles. The number of anilines is 1. The second-order valence-corrected chi connectivity index (χ2v) is 4.96. The summed E-state index contributed by atoms with van der Waals surface area (Å²) in [5.74, 6) is 1.15. The van der Waals surface area contributed by atoms with Gasteiger partial charge in [0.1, 0.15) is 0 Å². The van der Waals surface area contributed by atoms with Gasteiger partial charge in [0.15, 0.2) is 5.82 Å². The quantitative estimate of drug-likeness (QED) is 0.769. The molecule has 6 nitrogen and oxygen atoms in total. The van der Waals surface area contributed by atoms with E-state index < -0.39 is 0 Å². The fourth-order valence-electron chi connectivity index (χ4n) is 2.25. The average molecular weight is 283 g/mol. The van der Waals surface area contributed by atoms with Crippen LogP contribution in [0.4, 0.5) is 5.69 Å². The van der Waals surface area contributed by atoms with E-state index in [9.17, 15) is 0 Å². The van der Waals surface area contributed by atoms with Gasteiger partial charge in [-0.25, -0.2) is 0 Å². The van der Waals surface area contributed by atoms with E-state index in [-0.39, 0.29) is 0 Å². The Morgan fingerprint density at radius 2 is 2.00 bits per heavy atom. The normalized spacial score (nSPS) is 10.8. The lowest BCUT2D eigenvalue weighted by atomic mass is 10.1. The summed E-state index contributed by atoms with van der Waals surface area (Å²) >= 11 is 0. The summed E-state index contributed by atoms with van der Waals surface area (Å²) in [5.41, 5.74) is 5.11. The average Bonchev–Trinajstić information content (AvgIpc) is 3.04. The van der Waals surface area contributed by atoms with Crippen LogP contribution in [0, 0.1) is 20.8 Å². The molecular weight excluding hydrogens is 266 g/mol. The van der Waals surface area contributed by atoms with E-state index in [1.807, 2.05) is 38.1 Å². The first-order valence-corrected chi connectivity index (χ1v) is 6.79. The van der Waals surface area contributed by atoms with E-state index in [1.165, 1.54) is 5.56 Å². The number of aromatic nitrogens is 4. The molecule has 3 rings (SSSR count). The number of benzene rings is 1. The monoisotopic (exact) mass is 283 g/mol. The Labute approximate surface area is 122 Å². The Morgan fingerprint density at radius 3 is 2.67 bits per heavy atom. The molecule has 6 heteroatoms. The number of nitrogens with one attached hydrogen (secondary N) is 2. The maximum Gasteiger partial charge on any atom is 0.260 e. The maximum atomic E-state index is 5.26. The van der Waals surface area contributed by atoms with Gasteiger partial charge in [0.25, 0.3) is 5.89 Å². The Hall–Kier alpha value is -2.63. The van der Waals surface area contributed by atoms with E-state index >= 15 is 0 Å². The molecule has 2 N–H and O–H groups in total. The van der Waals surface area contributed by atoms with Crippen molar-refractivity contribution in [2.45, 2.75) is 27.3 Å². The van der Waals surface area contributed by atoms with Crippen LogP contribution >= 0.6 is 0 Å². The molecule has 0 amide bonds. The van der Waals surface area contributed by atoms with Crippen LogP contribution in [0.5, 0.6) is 0 Å². The summed E-state index contributed by atoms with van der Waals surface area (Å²) < 4.78 is 5.26. The zero-order valence-corrected chi connectivity index (χ0v) is 12.3. The van der Waals surface area contributed by atoms with Crippen molar-refractivity contribution in [2.75, 3.05) is 5.32 Å². The first-order valence-electron chi connectivity index (χ1n) is 6.79. The van der Waals surface area contributed by atoms with Crippen LogP contribution in [-0.2, 0) is 6.54 Å². The van der Waals surface area contributed by atoms with E-state index in [1.54, 1.807) is 6.92 Å². The first-order chi connectivity index (χ1) is 10.1. The Kier molecular flexibility index (Phi) is 3.43. The van der Waals surface area contributed by atoms with Gasteiger partial charge in [-0.05, 0) is 32.9 Å². The summed E-state index contributed by atoms with van der Waals surface area (Å²) in [6, 6.07) is 7.89. The van der Waals surface area contributed by atoms with Gasteiger partial charge < -0.3 is 9.84 Å². The maximum absolute atomic E-state index is 5.26. The van der Waals surface area contributed by atoms with E-state index in [0.717, 1.165) is 22.6 Å². The summed E-state index contributed by atoms with van der Waals surface area (Å²) in [6.45, 7) is 6.51. The molecule has 0 unspecified atom stereocenters. The van der Waals surface area contributed by atoms with Crippen LogP contribution in [-0.4, -0.2) is 20.3 Å². The minimum atomic E-state index is 0.524. The van der Waals surface area contributed by atoms with Crippen molar-refractivity contribution in [1.29, 1.82) is 0 Å². The van der Waals surface area contributed by atoms with Crippen molar-refractivity contribution in [3.05, 3.63) is 47.0 Å². The van der Waals surface area contributed by atoms with Gasteiger partial charge in [-0.15, -0.1) is 0 Å². The number of para-hydroxylation sites is 1. The third-order valence-corrected chi connectivity index (χ3v) is 3.42. The highest BCUT2D eigenvalue weighted by molar-refractivity contribution is 5.72. The molecule has 0 radical (unpaired) electrons.